The molecule has 1 heterocycles. The van der Waals surface area contributed by atoms with E-state index in [1.807, 2.05) is 24.3 Å². The Labute approximate surface area is 179 Å². The molecule has 156 valence electrons. The standard InChI is InChI=1S/C25H20O6/c1-28-18-7-3-16(4-8-18)13-24-25(27)21-12-11-20(14-23(21)31-24)30-15-22(26)17-5-9-19(29-2)10-6-17/h3-14H,15H2,1-2H3. The Morgan fingerprint density at radius 1 is 0.871 bits per heavy atom. The van der Waals surface area contributed by atoms with Gasteiger partial charge in [0.05, 0.1) is 19.8 Å². The number of Topliss-reactive ketones (excluding diaryl/α,β-unsaturated/α-hetero) is 2. The predicted molar refractivity (Wildman–Crippen MR) is 115 cm³/mol. The van der Waals surface area contributed by atoms with E-state index in [1.54, 1.807) is 62.8 Å². The lowest BCUT2D eigenvalue weighted by Crippen LogP contribution is -2.11. The second-order valence-corrected chi connectivity index (χ2v) is 6.81. The van der Waals surface area contributed by atoms with Crippen LogP contribution >= 0.6 is 0 Å². The molecule has 0 aliphatic carbocycles. The van der Waals surface area contributed by atoms with Gasteiger partial charge in [0.2, 0.25) is 5.78 Å². The van der Waals surface area contributed by atoms with Gasteiger partial charge in [0, 0.05) is 11.6 Å². The fourth-order valence-electron chi connectivity index (χ4n) is 3.12. The Morgan fingerprint density at radius 2 is 1.48 bits per heavy atom. The topological polar surface area (TPSA) is 71.1 Å². The molecule has 3 aromatic carbocycles. The molecule has 4 rings (SSSR count). The largest absolute Gasteiger partial charge is 0.497 e. The van der Waals surface area contributed by atoms with Crippen LogP contribution < -0.4 is 18.9 Å². The van der Waals surface area contributed by atoms with E-state index in [0.29, 0.717) is 28.4 Å². The van der Waals surface area contributed by atoms with E-state index in [2.05, 4.69) is 0 Å². The van der Waals surface area contributed by atoms with Gasteiger partial charge in [-0.25, -0.2) is 0 Å². The van der Waals surface area contributed by atoms with Crippen molar-refractivity contribution in [3.8, 4) is 23.0 Å². The molecule has 0 bridgehead atoms. The summed E-state index contributed by atoms with van der Waals surface area (Å²) in [5, 5.41) is 0. The molecule has 3 aromatic rings. The first kappa shape index (κ1) is 20.2. The minimum absolute atomic E-state index is 0.131. The lowest BCUT2D eigenvalue weighted by Gasteiger charge is -2.07. The molecule has 0 radical (unpaired) electrons. The van der Waals surface area contributed by atoms with Crippen LogP contribution in [0.2, 0.25) is 0 Å². The van der Waals surface area contributed by atoms with E-state index in [0.717, 1.165) is 11.3 Å². The SMILES string of the molecule is COc1ccc(C=C2Oc3cc(OCC(=O)c4ccc(OC)cc4)ccc3C2=O)cc1. The molecule has 1 aliphatic rings. The average Bonchev–Trinajstić information content (AvgIpc) is 3.12. The minimum atomic E-state index is -0.202. The number of hydrogen-bond acceptors (Lipinski definition) is 6. The summed E-state index contributed by atoms with van der Waals surface area (Å²) in [6.07, 6.45) is 1.68. The third-order valence-electron chi connectivity index (χ3n) is 4.84. The van der Waals surface area contributed by atoms with Gasteiger partial charge in [-0.05, 0) is 60.2 Å². The number of carbonyl (C=O) groups is 2. The van der Waals surface area contributed by atoms with Crippen LogP contribution in [0.1, 0.15) is 26.3 Å². The number of benzene rings is 3. The second kappa shape index (κ2) is 8.75. The monoisotopic (exact) mass is 416 g/mol. The Hall–Kier alpha value is -4.06. The fourth-order valence-corrected chi connectivity index (χ4v) is 3.12. The van der Waals surface area contributed by atoms with Crippen molar-refractivity contribution in [3.63, 3.8) is 0 Å². The lowest BCUT2D eigenvalue weighted by molar-refractivity contribution is 0.0920. The number of allylic oxidation sites excluding steroid dienone is 1. The van der Waals surface area contributed by atoms with Crippen molar-refractivity contribution >= 4 is 17.6 Å². The van der Waals surface area contributed by atoms with Crippen LogP contribution in [0.15, 0.2) is 72.5 Å². The number of ketones is 2. The maximum atomic E-state index is 12.6. The normalized spacial score (nSPS) is 13.5. The quantitative estimate of drug-likeness (QED) is 0.415. The number of ether oxygens (including phenoxy) is 4. The van der Waals surface area contributed by atoms with Gasteiger partial charge >= 0.3 is 0 Å². The summed E-state index contributed by atoms with van der Waals surface area (Å²) in [7, 11) is 3.16. The summed E-state index contributed by atoms with van der Waals surface area (Å²) in [6, 6.07) is 19.0. The zero-order valence-electron chi connectivity index (χ0n) is 17.1. The van der Waals surface area contributed by atoms with Crippen LogP contribution in [0.4, 0.5) is 0 Å². The smallest absolute Gasteiger partial charge is 0.231 e. The van der Waals surface area contributed by atoms with Crippen LogP contribution in [0.25, 0.3) is 6.08 Å². The summed E-state index contributed by atoms with van der Waals surface area (Å²) in [4.78, 5) is 25.0. The lowest BCUT2D eigenvalue weighted by atomic mass is 10.1. The Balaban J connectivity index is 1.43. The third kappa shape index (κ3) is 4.43. The van der Waals surface area contributed by atoms with Gasteiger partial charge in [0.15, 0.2) is 18.1 Å². The van der Waals surface area contributed by atoms with Crippen molar-refractivity contribution in [2.75, 3.05) is 20.8 Å². The van der Waals surface area contributed by atoms with Gasteiger partial charge in [-0.2, -0.15) is 0 Å². The molecule has 6 heteroatoms. The molecule has 0 spiro atoms. The van der Waals surface area contributed by atoms with Gasteiger partial charge in [-0.1, -0.05) is 12.1 Å². The van der Waals surface area contributed by atoms with Crippen LogP contribution in [0.3, 0.4) is 0 Å². The first-order valence-electron chi connectivity index (χ1n) is 9.60. The molecule has 31 heavy (non-hydrogen) atoms. The molecule has 0 amide bonds. The Morgan fingerprint density at radius 3 is 2.13 bits per heavy atom. The molecule has 1 aliphatic heterocycles. The maximum Gasteiger partial charge on any atom is 0.231 e. The Bertz CT molecular complexity index is 1140. The van der Waals surface area contributed by atoms with Crippen LogP contribution in [0.5, 0.6) is 23.0 Å². The van der Waals surface area contributed by atoms with Crippen molar-refractivity contribution in [2.24, 2.45) is 0 Å². The highest BCUT2D eigenvalue weighted by molar-refractivity contribution is 6.14. The summed E-state index contributed by atoms with van der Waals surface area (Å²) >= 11 is 0. The van der Waals surface area contributed by atoms with Crippen molar-refractivity contribution in [1.82, 2.24) is 0 Å². The van der Waals surface area contributed by atoms with Crippen molar-refractivity contribution < 1.29 is 28.5 Å². The second-order valence-electron chi connectivity index (χ2n) is 6.81. The van der Waals surface area contributed by atoms with Crippen LogP contribution in [0, 0.1) is 0 Å². The zero-order valence-corrected chi connectivity index (χ0v) is 17.1. The summed E-state index contributed by atoms with van der Waals surface area (Å²) in [6.45, 7) is -0.131. The first-order chi connectivity index (χ1) is 15.1. The van der Waals surface area contributed by atoms with Gasteiger partial charge in [0.1, 0.15) is 23.0 Å². The summed E-state index contributed by atoms with van der Waals surface area (Å²) in [5.74, 6) is 2.11. The molecule has 0 fully saturated rings. The first-order valence-corrected chi connectivity index (χ1v) is 9.60. The number of hydrogen-bond donors (Lipinski definition) is 0. The molecular weight excluding hydrogens is 396 g/mol. The highest BCUT2D eigenvalue weighted by Gasteiger charge is 2.27. The van der Waals surface area contributed by atoms with Gasteiger partial charge < -0.3 is 18.9 Å². The fraction of sp³-hybridized carbons (Fsp3) is 0.120. The molecule has 0 aromatic heterocycles. The van der Waals surface area contributed by atoms with Crippen molar-refractivity contribution in [2.45, 2.75) is 0 Å². The number of fused-ring (bicyclic) bond motifs is 1. The Kier molecular flexibility index (Phi) is 5.71. The van der Waals surface area contributed by atoms with E-state index in [1.165, 1.54) is 0 Å². The van der Waals surface area contributed by atoms with E-state index in [9.17, 15) is 9.59 Å². The average molecular weight is 416 g/mol. The van der Waals surface area contributed by atoms with Crippen LogP contribution in [-0.4, -0.2) is 32.4 Å². The summed E-state index contributed by atoms with van der Waals surface area (Å²) < 4.78 is 21.6. The number of rotatable bonds is 7. The number of methoxy groups -OCH3 is 2. The van der Waals surface area contributed by atoms with E-state index in [-0.39, 0.29) is 23.9 Å². The minimum Gasteiger partial charge on any atom is -0.497 e. The summed E-state index contributed by atoms with van der Waals surface area (Å²) in [5.41, 5.74) is 1.80. The zero-order chi connectivity index (χ0) is 21.8. The molecule has 0 N–H and O–H groups in total. The van der Waals surface area contributed by atoms with E-state index >= 15 is 0 Å². The molecule has 6 nitrogen and oxygen atoms in total. The van der Waals surface area contributed by atoms with Gasteiger partial charge in [-0.3, -0.25) is 9.59 Å². The number of carbonyl (C=O) groups excluding carboxylic acids is 2. The third-order valence-corrected chi connectivity index (χ3v) is 4.84. The van der Waals surface area contributed by atoms with Gasteiger partial charge in [0.25, 0.3) is 0 Å². The highest BCUT2D eigenvalue weighted by atomic mass is 16.5. The maximum absolute atomic E-state index is 12.6. The van der Waals surface area contributed by atoms with Crippen LogP contribution in [-0.2, 0) is 0 Å². The molecule has 0 atom stereocenters. The highest BCUT2D eigenvalue weighted by Crippen LogP contribution is 2.35. The molecule has 0 unspecified atom stereocenters. The van der Waals surface area contributed by atoms with E-state index < -0.39 is 0 Å². The molecule has 0 saturated carbocycles. The predicted octanol–water partition coefficient (Wildman–Crippen LogP) is 4.58. The molecule has 0 saturated heterocycles. The van der Waals surface area contributed by atoms with Crippen molar-refractivity contribution in [3.05, 3.63) is 89.2 Å². The van der Waals surface area contributed by atoms with E-state index in [4.69, 9.17) is 18.9 Å². The van der Waals surface area contributed by atoms with Crippen molar-refractivity contribution in [1.29, 1.82) is 0 Å². The molecular formula is C25H20O6. The van der Waals surface area contributed by atoms with Gasteiger partial charge in [-0.15, -0.1) is 0 Å².